The molecule has 0 fully saturated rings. The number of benzene rings is 1. The first-order valence-electron chi connectivity index (χ1n) is 6.31. The second kappa shape index (κ2) is 7.99. The van der Waals surface area contributed by atoms with E-state index in [9.17, 15) is 5.11 Å². The number of rotatable bonds is 8. The van der Waals surface area contributed by atoms with Crippen LogP contribution in [0.15, 0.2) is 18.2 Å². The minimum Gasteiger partial charge on any atom is -0.497 e. The maximum absolute atomic E-state index is 10.2. The molecule has 0 amide bonds. The van der Waals surface area contributed by atoms with Crippen molar-refractivity contribution in [3.63, 3.8) is 0 Å². The van der Waals surface area contributed by atoms with Gasteiger partial charge in [0.25, 0.3) is 0 Å². The second-order valence-corrected chi connectivity index (χ2v) is 4.44. The topological polar surface area (TPSA) is 62.2 Å². The van der Waals surface area contributed by atoms with Crippen LogP contribution in [0.25, 0.3) is 0 Å². The van der Waals surface area contributed by atoms with Gasteiger partial charge < -0.3 is 24.6 Å². The van der Waals surface area contributed by atoms with Gasteiger partial charge in [-0.3, -0.25) is 0 Å². The third-order valence-corrected chi connectivity index (χ3v) is 3.07. The summed E-state index contributed by atoms with van der Waals surface area (Å²) in [4.78, 5) is 1.97. The molecule has 1 aromatic rings. The van der Waals surface area contributed by atoms with Crippen molar-refractivity contribution >= 4 is 0 Å². The lowest BCUT2D eigenvalue weighted by Crippen LogP contribution is -2.24. The molecule has 0 bridgehead atoms. The van der Waals surface area contributed by atoms with E-state index < -0.39 is 6.10 Å². The normalized spacial score (nSPS) is 12.5. The predicted octanol–water partition coefficient (Wildman–Crippen LogP) is 1.05. The zero-order chi connectivity index (χ0) is 14.3. The average molecular weight is 269 g/mol. The van der Waals surface area contributed by atoms with E-state index in [0.29, 0.717) is 31.0 Å². The molecule has 0 heterocycles. The van der Waals surface area contributed by atoms with Gasteiger partial charge in [-0.05, 0) is 25.6 Å². The lowest BCUT2D eigenvalue weighted by Gasteiger charge is -2.19. The van der Waals surface area contributed by atoms with Crippen molar-refractivity contribution < 1.29 is 19.7 Å². The van der Waals surface area contributed by atoms with Crippen LogP contribution >= 0.6 is 0 Å². The summed E-state index contributed by atoms with van der Waals surface area (Å²) in [5.41, 5.74) is 0.751. The lowest BCUT2D eigenvalue weighted by molar-refractivity contribution is 0.138. The van der Waals surface area contributed by atoms with Gasteiger partial charge in [-0.2, -0.15) is 0 Å². The zero-order valence-electron chi connectivity index (χ0n) is 11.8. The Labute approximate surface area is 114 Å². The van der Waals surface area contributed by atoms with Crippen LogP contribution in [0.4, 0.5) is 0 Å². The fourth-order valence-electron chi connectivity index (χ4n) is 1.87. The second-order valence-electron chi connectivity index (χ2n) is 4.44. The minimum atomic E-state index is -0.595. The quantitative estimate of drug-likeness (QED) is 0.738. The molecule has 0 saturated carbocycles. The molecule has 108 valence electrons. The summed E-state index contributed by atoms with van der Waals surface area (Å²) in [6.07, 6.45) is -0.0128. The number of aliphatic hydroxyl groups excluding tert-OH is 2. The van der Waals surface area contributed by atoms with E-state index in [1.165, 1.54) is 0 Å². The fraction of sp³-hybridized carbons (Fsp3) is 0.571. The third kappa shape index (κ3) is 4.70. The van der Waals surface area contributed by atoms with Crippen molar-refractivity contribution in [1.29, 1.82) is 0 Å². The van der Waals surface area contributed by atoms with Crippen LogP contribution in [0.5, 0.6) is 11.5 Å². The van der Waals surface area contributed by atoms with E-state index >= 15 is 0 Å². The van der Waals surface area contributed by atoms with E-state index in [4.69, 9.17) is 14.6 Å². The van der Waals surface area contributed by atoms with E-state index in [-0.39, 0.29) is 6.61 Å². The summed E-state index contributed by atoms with van der Waals surface area (Å²) in [5.74, 6) is 1.32. The summed E-state index contributed by atoms with van der Waals surface area (Å²) in [7, 11) is 5.08. The molecule has 5 heteroatoms. The van der Waals surface area contributed by atoms with Crippen LogP contribution in [0.2, 0.25) is 0 Å². The van der Waals surface area contributed by atoms with Crippen LogP contribution in [0.3, 0.4) is 0 Å². The van der Waals surface area contributed by atoms with Crippen molar-refractivity contribution in [3.8, 4) is 11.5 Å². The molecule has 1 aromatic carbocycles. The number of hydrogen-bond donors (Lipinski definition) is 2. The van der Waals surface area contributed by atoms with Crippen molar-refractivity contribution in [2.45, 2.75) is 12.5 Å². The van der Waals surface area contributed by atoms with E-state index in [1.807, 2.05) is 18.0 Å². The molecule has 0 spiro atoms. The average Bonchev–Trinajstić information content (AvgIpc) is 2.44. The molecule has 5 nitrogen and oxygen atoms in total. The molecule has 0 aromatic heterocycles. The number of aliphatic hydroxyl groups is 2. The maximum Gasteiger partial charge on any atom is 0.128 e. The van der Waals surface area contributed by atoms with Crippen LogP contribution < -0.4 is 9.47 Å². The van der Waals surface area contributed by atoms with Crippen molar-refractivity contribution in [3.05, 3.63) is 23.8 Å². The monoisotopic (exact) mass is 269 g/mol. The van der Waals surface area contributed by atoms with Gasteiger partial charge in [0.2, 0.25) is 0 Å². The Hall–Kier alpha value is -1.30. The molecular formula is C14H23NO4. The number of likely N-dealkylation sites (N-methyl/N-ethyl adjacent to an activating group) is 1. The van der Waals surface area contributed by atoms with Crippen molar-refractivity contribution in [1.82, 2.24) is 4.90 Å². The molecule has 0 aliphatic carbocycles. The van der Waals surface area contributed by atoms with Crippen LogP contribution in [-0.2, 0) is 0 Å². The number of nitrogens with zero attached hydrogens (tertiary/aromatic N) is 1. The van der Waals surface area contributed by atoms with E-state index in [2.05, 4.69) is 0 Å². The van der Waals surface area contributed by atoms with Gasteiger partial charge in [0.05, 0.1) is 26.9 Å². The van der Waals surface area contributed by atoms with Gasteiger partial charge in [-0.25, -0.2) is 0 Å². The Kier molecular flexibility index (Phi) is 6.62. The maximum atomic E-state index is 10.2. The van der Waals surface area contributed by atoms with Gasteiger partial charge in [0.15, 0.2) is 0 Å². The molecule has 1 rings (SSSR count). The zero-order valence-corrected chi connectivity index (χ0v) is 11.8. The Morgan fingerprint density at radius 3 is 2.53 bits per heavy atom. The molecule has 0 radical (unpaired) electrons. The van der Waals surface area contributed by atoms with Crippen LogP contribution in [-0.4, -0.2) is 56.1 Å². The molecule has 0 saturated heterocycles. The van der Waals surface area contributed by atoms with Crippen molar-refractivity contribution in [2.75, 3.05) is 41.0 Å². The number of ether oxygens (including phenoxy) is 2. The molecule has 2 N–H and O–H groups in total. The predicted molar refractivity (Wildman–Crippen MR) is 73.7 cm³/mol. The molecule has 1 unspecified atom stereocenters. The lowest BCUT2D eigenvalue weighted by atomic mass is 10.0. The molecule has 0 aliphatic rings. The Morgan fingerprint density at radius 1 is 1.21 bits per heavy atom. The Bertz CT molecular complexity index is 384. The fourth-order valence-corrected chi connectivity index (χ4v) is 1.87. The Morgan fingerprint density at radius 2 is 1.95 bits per heavy atom. The largest absolute Gasteiger partial charge is 0.497 e. The first kappa shape index (κ1) is 15.8. The molecular weight excluding hydrogens is 246 g/mol. The summed E-state index contributed by atoms with van der Waals surface area (Å²) >= 11 is 0. The summed E-state index contributed by atoms with van der Waals surface area (Å²) in [5, 5.41) is 19.0. The molecule has 1 atom stereocenters. The van der Waals surface area contributed by atoms with Gasteiger partial charge in [-0.1, -0.05) is 0 Å². The van der Waals surface area contributed by atoms with Crippen LogP contribution in [0, 0.1) is 0 Å². The summed E-state index contributed by atoms with van der Waals surface area (Å²) in [6, 6.07) is 5.38. The van der Waals surface area contributed by atoms with Crippen molar-refractivity contribution in [2.24, 2.45) is 0 Å². The highest BCUT2D eigenvalue weighted by Crippen LogP contribution is 2.30. The molecule has 0 aliphatic heterocycles. The van der Waals surface area contributed by atoms with Gasteiger partial charge in [0, 0.05) is 24.7 Å². The first-order valence-corrected chi connectivity index (χ1v) is 6.31. The minimum absolute atomic E-state index is 0.123. The molecule has 19 heavy (non-hydrogen) atoms. The summed E-state index contributed by atoms with van der Waals surface area (Å²) in [6.45, 7) is 1.43. The van der Waals surface area contributed by atoms with E-state index in [1.54, 1.807) is 26.4 Å². The van der Waals surface area contributed by atoms with Gasteiger partial charge in [-0.15, -0.1) is 0 Å². The number of hydrogen-bond acceptors (Lipinski definition) is 5. The highest BCUT2D eigenvalue weighted by molar-refractivity contribution is 5.41. The highest BCUT2D eigenvalue weighted by Gasteiger charge is 2.14. The third-order valence-electron chi connectivity index (χ3n) is 3.07. The van der Waals surface area contributed by atoms with Gasteiger partial charge in [0.1, 0.15) is 11.5 Å². The van der Waals surface area contributed by atoms with Gasteiger partial charge >= 0.3 is 0 Å². The Balaban J connectivity index is 2.68. The van der Waals surface area contributed by atoms with E-state index in [0.717, 1.165) is 5.56 Å². The highest BCUT2D eigenvalue weighted by atomic mass is 16.5. The van der Waals surface area contributed by atoms with Crippen LogP contribution in [0.1, 0.15) is 18.1 Å². The first-order chi connectivity index (χ1) is 9.12. The smallest absolute Gasteiger partial charge is 0.128 e. The number of methoxy groups -OCH3 is 2. The SMILES string of the molecule is COc1ccc(C(O)CCN(C)CCO)c(OC)c1. The summed E-state index contributed by atoms with van der Waals surface area (Å²) < 4.78 is 10.4. The standard InChI is InChI=1S/C14H23NO4/c1-15(8-9-16)7-6-13(17)12-5-4-11(18-2)10-14(12)19-3/h4-5,10,13,16-17H,6-9H2,1-3H3.